The van der Waals surface area contributed by atoms with Crippen LogP contribution >= 0.6 is 23.2 Å². The molecule has 1 amide bonds. The first-order valence-corrected chi connectivity index (χ1v) is 8.47. The number of nitrogens with one attached hydrogen (secondary N) is 2. The number of hydrogen-bond donors (Lipinski definition) is 2. The zero-order valence-electron chi connectivity index (χ0n) is 13.5. The van der Waals surface area contributed by atoms with Crippen molar-refractivity contribution in [2.24, 2.45) is 0 Å². The van der Waals surface area contributed by atoms with Crippen molar-refractivity contribution in [1.29, 1.82) is 0 Å². The van der Waals surface area contributed by atoms with Crippen molar-refractivity contribution in [3.8, 4) is 0 Å². The molecule has 0 aliphatic rings. The monoisotopic (exact) mass is 389 g/mol. The van der Waals surface area contributed by atoms with Gasteiger partial charge in [-0.2, -0.15) is 0 Å². The van der Waals surface area contributed by atoms with Gasteiger partial charge in [-0.05, 0) is 48.0 Å². The lowest BCUT2D eigenvalue weighted by Gasteiger charge is -2.08. The molecule has 3 aromatic rings. The molecule has 132 valence electrons. The predicted molar refractivity (Wildman–Crippen MR) is 103 cm³/mol. The molecule has 0 fully saturated rings. The van der Waals surface area contributed by atoms with Gasteiger partial charge in [-0.25, -0.2) is 9.37 Å². The third-order valence-electron chi connectivity index (χ3n) is 3.52. The molecular formula is C19H14Cl2FN3O. The molecule has 2 N–H and O–H groups in total. The molecule has 0 bridgehead atoms. The summed E-state index contributed by atoms with van der Waals surface area (Å²) < 4.78 is 13.2. The third-order valence-corrected chi connectivity index (χ3v) is 4.06. The number of amides is 1. The maximum atomic E-state index is 13.2. The van der Waals surface area contributed by atoms with Crippen molar-refractivity contribution < 1.29 is 9.18 Å². The number of anilines is 3. The van der Waals surface area contributed by atoms with Crippen molar-refractivity contribution in [3.05, 3.63) is 82.2 Å². The van der Waals surface area contributed by atoms with Crippen LogP contribution in [0, 0.1) is 5.82 Å². The second kappa shape index (κ2) is 8.17. The lowest BCUT2D eigenvalue weighted by atomic mass is 10.1. The highest BCUT2D eigenvalue weighted by Gasteiger charge is 2.06. The van der Waals surface area contributed by atoms with Crippen LogP contribution in [0.4, 0.5) is 21.6 Å². The summed E-state index contributed by atoms with van der Waals surface area (Å²) in [6.45, 7) is 0. The van der Waals surface area contributed by atoms with E-state index < -0.39 is 5.82 Å². The quantitative estimate of drug-likeness (QED) is 0.609. The minimum absolute atomic E-state index is 0.0288. The van der Waals surface area contributed by atoms with Crippen LogP contribution in [0.15, 0.2) is 60.8 Å². The SMILES string of the molecule is O=C(Cc1ccc(Cl)cc1)Nc1ccc(Nc2ccc(F)c(Cl)c2)nc1. The molecule has 26 heavy (non-hydrogen) atoms. The second-order valence-corrected chi connectivity index (χ2v) is 6.38. The Morgan fingerprint density at radius 1 is 1.00 bits per heavy atom. The maximum Gasteiger partial charge on any atom is 0.228 e. The first-order valence-electron chi connectivity index (χ1n) is 7.72. The third kappa shape index (κ3) is 4.94. The number of rotatable bonds is 5. The van der Waals surface area contributed by atoms with Crippen LogP contribution in [-0.2, 0) is 11.2 Å². The van der Waals surface area contributed by atoms with Gasteiger partial charge < -0.3 is 10.6 Å². The van der Waals surface area contributed by atoms with E-state index in [0.29, 0.717) is 22.2 Å². The Balaban J connectivity index is 1.59. The van der Waals surface area contributed by atoms with Crippen LogP contribution in [0.5, 0.6) is 0 Å². The lowest BCUT2D eigenvalue weighted by Crippen LogP contribution is -2.14. The van der Waals surface area contributed by atoms with E-state index in [9.17, 15) is 9.18 Å². The fourth-order valence-electron chi connectivity index (χ4n) is 2.26. The van der Waals surface area contributed by atoms with Crippen molar-refractivity contribution in [3.63, 3.8) is 0 Å². The van der Waals surface area contributed by atoms with Crippen molar-refractivity contribution >= 4 is 46.3 Å². The van der Waals surface area contributed by atoms with Gasteiger partial charge in [0.2, 0.25) is 5.91 Å². The predicted octanol–water partition coefficient (Wildman–Crippen LogP) is 5.45. The Labute approximate surface area is 160 Å². The Kier molecular flexibility index (Phi) is 5.71. The molecule has 1 heterocycles. The second-order valence-electron chi connectivity index (χ2n) is 5.54. The van der Waals surface area contributed by atoms with E-state index in [2.05, 4.69) is 15.6 Å². The summed E-state index contributed by atoms with van der Waals surface area (Å²) in [5, 5.41) is 6.45. The molecule has 0 unspecified atom stereocenters. The normalized spacial score (nSPS) is 10.4. The summed E-state index contributed by atoms with van der Waals surface area (Å²) >= 11 is 11.6. The molecule has 3 rings (SSSR count). The highest BCUT2D eigenvalue weighted by atomic mass is 35.5. The minimum atomic E-state index is -0.482. The smallest absolute Gasteiger partial charge is 0.228 e. The van der Waals surface area contributed by atoms with E-state index in [1.807, 2.05) is 0 Å². The molecule has 4 nitrogen and oxygen atoms in total. The lowest BCUT2D eigenvalue weighted by molar-refractivity contribution is -0.115. The number of carbonyl (C=O) groups is 1. The largest absolute Gasteiger partial charge is 0.340 e. The highest BCUT2D eigenvalue weighted by molar-refractivity contribution is 6.31. The molecule has 0 saturated heterocycles. The van der Waals surface area contributed by atoms with Gasteiger partial charge >= 0.3 is 0 Å². The van der Waals surface area contributed by atoms with Gasteiger partial charge in [0.1, 0.15) is 11.6 Å². The van der Waals surface area contributed by atoms with Crippen LogP contribution < -0.4 is 10.6 Å². The Hall–Kier alpha value is -2.63. The molecule has 0 radical (unpaired) electrons. The Morgan fingerprint density at radius 2 is 1.73 bits per heavy atom. The van der Waals surface area contributed by atoms with Crippen LogP contribution in [0.2, 0.25) is 10.0 Å². The van der Waals surface area contributed by atoms with Crippen LogP contribution in [-0.4, -0.2) is 10.9 Å². The van der Waals surface area contributed by atoms with E-state index in [1.165, 1.54) is 18.3 Å². The first kappa shape index (κ1) is 18.2. The number of benzene rings is 2. The van der Waals surface area contributed by atoms with Gasteiger partial charge in [0, 0.05) is 10.7 Å². The molecular weight excluding hydrogens is 376 g/mol. The van der Waals surface area contributed by atoms with Gasteiger partial charge in [-0.1, -0.05) is 35.3 Å². The van der Waals surface area contributed by atoms with Gasteiger partial charge in [-0.15, -0.1) is 0 Å². The average Bonchev–Trinajstić information content (AvgIpc) is 2.62. The zero-order chi connectivity index (χ0) is 18.5. The van der Waals surface area contributed by atoms with Crippen LogP contribution in [0.3, 0.4) is 0 Å². The molecule has 0 aliphatic heterocycles. The van der Waals surface area contributed by atoms with Crippen molar-refractivity contribution in [2.45, 2.75) is 6.42 Å². The van der Waals surface area contributed by atoms with E-state index >= 15 is 0 Å². The Bertz CT molecular complexity index is 915. The number of nitrogens with zero attached hydrogens (tertiary/aromatic N) is 1. The molecule has 0 atom stereocenters. The zero-order valence-corrected chi connectivity index (χ0v) is 15.0. The molecule has 7 heteroatoms. The topological polar surface area (TPSA) is 54.0 Å². The van der Waals surface area contributed by atoms with Gasteiger partial charge in [0.05, 0.1) is 23.3 Å². The highest BCUT2D eigenvalue weighted by Crippen LogP contribution is 2.22. The standard InChI is InChI=1S/C19H14Cl2FN3O/c20-13-3-1-12(2-4-13)9-19(26)25-15-6-8-18(23-11-15)24-14-5-7-17(22)16(21)10-14/h1-8,10-11H,9H2,(H,23,24)(H,25,26). The number of aromatic nitrogens is 1. The molecule has 0 spiro atoms. The van der Waals surface area contributed by atoms with Crippen LogP contribution in [0.25, 0.3) is 0 Å². The van der Waals surface area contributed by atoms with Gasteiger partial charge in [0.25, 0.3) is 0 Å². The maximum absolute atomic E-state index is 13.2. The summed E-state index contributed by atoms with van der Waals surface area (Å²) in [5.74, 6) is -0.0903. The molecule has 0 aliphatic carbocycles. The fraction of sp³-hybridized carbons (Fsp3) is 0.0526. The number of hydrogen-bond acceptors (Lipinski definition) is 3. The summed E-state index contributed by atoms with van der Waals surface area (Å²) in [6, 6.07) is 14.8. The van der Waals surface area contributed by atoms with Crippen molar-refractivity contribution in [2.75, 3.05) is 10.6 Å². The summed E-state index contributed by atoms with van der Waals surface area (Å²) in [7, 11) is 0. The summed E-state index contributed by atoms with van der Waals surface area (Å²) in [5.41, 5.74) is 2.06. The molecule has 1 aromatic heterocycles. The van der Waals surface area contributed by atoms with E-state index in [4.69, 9.17) is 23.2 Å². The van der Waals surface area contributed by atoms with Gasteiger partial charge in [-0.3, -0.25) is 4.79 Å². The van der Waals surface area contributed by atoms with Crippen molar-refractivity contribution in [1.82, 2.24) is 4.98 Å². The van der Waals surface area contributed by atoms with Gasteiger partial charge in [0.15, 0.2) is 0 Å². The summed E-state index contributed by atoms with van der Waals surface area (Å²) in [6.07, 6.45) is 1.78. The van der Waals surface area contributed by atoms with E-state index in [0.717, 1.165) is 5.56 Å². The minimum Gasteiger partial charge on any atom is -0.340 e. The number of halogens is 3. The fourth-order valence-corrected chi connectivity index (χ4v) is 2.56. The molecule has 2 aromatic carbocycles. The molecule has 0 saturated carbocycles. The first-order chi connectivity index (χ1) is 12.5. The number of carbonyl (C=O) groups excluding carboxylic acids is 1. The number of pyridine rings is 1. The Morgan fingerprint density at radius 3 is 2.38 bits per heavy atom. The summed E-state index contributed by atoms with van der Waals surface area (Å²) in [4.78, 5) is 16.3. The van der Waals surface area contributed by atoms with E-state index in [1.54, 1.807) is 42.5 Å². The van der Waals surface area contributed by atoms with Crippen LogP contribution in [0.1, 0.15) is 5.56 Å². The average molecular weight is 390 g/mol. The van der Waals surface area contributed by atoms with E-state index in [-0.39, 0.29) is 17.4 Å².